The van der Waals surface area contributed by atoms with Crippen molar-refractivity contribution in [1.29, 1.82) is 0 Å². The van der Waals surface area contributed by atoms with E-state index in [1.165, 1.54) is 0 Å². The van der Waals surface area contributed by atoms with E-state index in [4.69, 9.17) is 16.0 Å². The van der Waals surface area contributed by atoms with E-state index in [1.54, 1.807) is 24.5 Å². The molecule has 162 valence electrons. The van der Waals surface area contributed by atoms with Gasteiger partial charge < -0.3 is 20.0 Å². The minimum absolute atomic E-state index is 0.0132. The highest BCUT2D eigenvalue weighted by Crippen LogP contribution is 2.44. The molecule has 2 aromatic carbocycles. The number of anilines is 3. The van der Waals surface area contributed by atoms with E-state index in [2.05, 4.69) is 10.6 Å². The maximum absolute atomic E-state index is 13.1. The Morgan fingerprint density at radius 1 is 1.09 bits per heavy atom. The number of carbonyl (C=O) groups is 2. The Bertz CT molecular complexity index is 1200. The third-order valence-corrected chi connectivity index (χ3v) is 6.14. The Balaban J connectivity index is 1.59. The summed E-state index contributed by atoms with van der Waals surface area (Å²) in [6.45, 7) is 0.0132. The molecule has 1 atom stereocenters. The second-order valence-corrected chi connectivity index (χ2v) is 8.29. The summed E-state index contributed by atoms with van der Waals surface area (Å²) in [7, 11) is 0. The maximum atomic E-state index is 13.1. The number of furan rings is 1. The molecule has 32 heavy (non-hydrogen) atoms. The minimum atomic E-state index is -0.513. The van der Waals surface area contributed by atoms with Gasteiger partial charge in [0.25, 0.3) is 0 Å². The van der Waals surface area contributed by atoms with Gasteiger partial charge in [0, 0.05) is 17.7 Å². The Hall–Kier alpha value is -3.51. The third kappa shape index (κ3) is 3.78. The molecule has 0 fully saturated rings. The molecule has 3 aromatic rings. The van der Waals surface area contributed by atoms with Gasteiger partial charge in [-0.25, -0.2) is 0 Å². The molecule has 0 radical (unpaired) electrons. The fraction of sp³-hybridized carbons (Fsp3) is 0.200. The Labute approximate surface area is 190 Å². The number of hydrogen-bond acceptors (Lipinski definition) is 5. The monoisotopic (exact) mass is 447 g/mol. The van der Waals surface area contributed by atoms with Gasteiger partial charge in [-0.2, -0.15) is 0 Å². The van der Waals surface area contributed by atoms with Crippen LogP contribution < -0.4 is 15.5 Å². The molecule has 1 aliphatic carbocycles. The van der Waals surface area contributed by atoms with Crippen molar-refractivity contribution in [2.24, 2.45) is 0 Å². The van der Waals surface area contributed by atoms with Crippen LogP contribution in [-0.2, 0) is 9.59 Å². The van der Waals surface area contributed by atoms with E-state index >= 15 is 0 Å². The van der Waals surface area contributed by atoms with Crippen molar-refractivity contribution in [3.05, 3.63) is 89.0 Å². The number of rotatable bonds is 4. The van der Waals surface area contributed by atoms with Crippen molar-refractivity contribution in [3.63, 3.8) is 0 Å². The zero-order chi connectivity index (χ0) is 22.1. The van der Waals surface area contributed by atoms with Crippen LogP contribution >= 0.6 is 11.6 Å². The van der Waals surface area contributed by atoms with Crippen molar-refractivity contribution < 1.29 is 14.0 Å². The van der Waals surface area contributed by atoms with Crippen molar-refractivity contribution >= 4 is 40.4 Å². The lowest BCUT2D eigenvalue weighted by atomic mass is 9.88. The lowest BCUT2D eigenvalue weighted by Crippen LogP contribution is -2.38. The maximum Gasteiger partial charge on any atom is 0.243 e. The highest BCUT2D eigenvalue weighted by atomic mass is 35.5. The number of amides is 1. The van der Waals surface area contributed by atoms with Gasteiger partial charge in [-0.15, -0.1) is 0 Å². The fourth-order valence-corrected chi connectivity index (χ4v) is 4.61. The number of halogens is 1. The molecule has 2 N–H and O–H groups in total. The Morgan fingerprint density at radius 2 is 1.91 bits per heavy atom. The zero-order valence-corrected chi connectivity index (χ0v) is 18.1. The van der Waals surface area contributed by atoms with Crippen LogP contribution in [0.5, 0.6) is 0 Å². The summed E-state index contributed by atoms with van der Waals surface area (Å²) < 4.78 is 5.78. The topological polar surface area (TPSA) is 74.6 Å². The van der Waals surface area contributed by atoms with Crippen LogP contribution in [0.2, 0.25) is 5.02 Å². The Kier molecular flexibility index (Phi) is 5.45. The lowest BCUT2D eigenvalue weighted by molar-refractivity contribution is -0.117. The van der Waals surface area contributed by atoms with Crippen LogP contribution in [-0.4, -0.2) is 18.2 Å². The van der Waals surface area contributed by atoms with Crippen LogP contribution in [0.25, 0.3) is 0 Å². The number of fused-ring (bicyclic) bond motifs is 1. The van der Waals surface area contributed by atoms with Crippen LogP contribution in [0.1, 0.15) is 31.1 Å². The SMILES string of the molecule is O=C(CN1c2ccccc2NC2=C(C(=O)CCC2)C1c1ccco1)Nc1ccccc1Cl. The van der Waals surface area contributed by atoms with Gasteiger partial charge in [0.1, 0.15) is 11.8 Å². The number of para-hydroxylation sites is 3. The molecule has 7 heteroatoms. The molecule has 1 aliphatic heterocycles. The summed E-state index contributed by atoms with van der Waals surface area (Å²) >= 11 is 6.23. The van der Waals surface area contributed by atoms with E-state index in [-0.39, 0.29) is 18.2 Å². The predicted molar refractivity (Wildman–Crippen MR) is 125 cm³/mol. The molecule has 1 unspecified atom stereocenters. The van der Waals surface area contributed by atoms with Gasteiger partial charge in [0.15, 0.2) is 5.78 Å². The normalized spacial score (nSPS) is 17.8. The van der Waals surface area contributed by atoms with Crippen molar-refractivity contribution in [3.8, 4) is 0 Å². The van der Waals surface area contributed by atoms with Gasteiger partial charge in [-0.3, -0.25) is 9.59 Å². The summed E-state index contributed by atoms with van der Waals surface area (Å²) in [5.74, 6) is 0.457. The molecular weight excluding hydrogens is 426 g/mol. The highest BCUT2D eigenvalue weighted by Gasteiger charge is 2.38. The fourth-order valence-electron chi connectivity index (χ4n) is 4.42. The molecule has 0 saturated heterocycles. The molecule has 0 saturated carbocycles. The molecule has 5 rings (SSSR count). The van der Waals surface area contributed by atoms with E-state index < -0.39 is 6.04 Å². The van der Waals surface area contributed by atoms with Crippen LogP contribution in [0, 0.1) is 0 Å². The number of Topliss-reactive ketones (excluding diaryl/α,β-unsaturated/α-hetero) is 1. The number of nitrogens with one attached hydrogen (secondary N) is 2. The number of hydrogen-bond donors (Lipinski definition) is 2. The molecule has 1 aromatic heterocycles. The number of nitrogens with zero attached hydrogens (tertiary/aromatic N) is 1. The molecule has 0 bridgehead atoms. The predicted octanol–water partition coefficient (Wildman–Crippen LogP) is 5.55. The van der Waals surface area contributed by atoms with E-state index in [0.717, 1.165) is 29.9 Å². The van der Waals surface area contributed by atoms with Crippen LogP contribution in [0.15, 0.2) is 82.6 Å². The minimum Gasteiger partial charge on any atom is -0.467 e. The standard InChI is InChI=1S/C25H22ClN3O3/c26-16-7-1-2-8-17(16)28-23(31)15-29-20-11-4-3-9-18(20)27-19-10-5-12-21(30)24(19)25(29)22-13-6-14-32-22/h1-4,6-9,11,13-14,25,27H,5,10,12,15H2,(H,28,31). The first-order chi connectivity index (χ1) is 15.6. The molecule has 2 aliphatic rings. The van der Waals surface area contributed by atoms with E-state index in [0.29, 0.717) is 28.5 Å². The summed E-state index contributed by atoms with van der Waals surface area (Å²) in [4.78, 5) is 28.2. The van der Waals surface area contributed by atoms with Crippen molar-refractivity contribution in [1.82, 2.24) is 0 Å². The van der Waals surface area contributed by atoms with Crippen LogP contribution in [0.4, 0.5) is 17.1 Å². The summed E-state index contributed by atoms with van der Waals surface area (Å²) in [6, 6.07) is 18.0. The Morgan fingerprint density at radius 3 is 2.72 bits per heavy atom. The molecule has 1 amide bonds. The highest BCUT2D eigenvalue weighted by molar-refractivity contribution is 6.33. The van der Waals surface area contributed by atoms with E-state index in [9.17, 15) is 9.59 Å². The number of carbonyl (C=O) groups excluding carboxylic acids is 2. The van der Waals surface area contributed by atoms with Crippen LogP contribution in [0.3, 0.4) is 0 Å². The van der Waals surface area contributed by atoms with Crippen molar-refractivity contribution in [2.45, 2.75) is 25.3 Å². The first-order valence-corrected chi connectivity index (χ1v) is 11.0. The quantitative estimate of drug-likeness (QED) is 0.548. The van der Waals surface area contributed by atoms with E-state index in [1.807, 2.05) is 47.4 Å². The average molecular weight is 448 g/mol. The molecule has 0 spiro atoms. The largest absolute Gasteiger partial charge is 0.467 e. The van der Waals surface area contributed by atoms with Gasteiger partial charge in [0.2, 0.25) is 5.91 Å². The van der Waals surface area contributed by atoms with Gasteiger partial charge in [0.05, 0.1) is 34.9 Å². The molecule has 2 heterocycles. The molecule has 6 nitrogen and oxygen atoms in total. The lowest BCUT2D eigenvalue weighted by Gasteiger charge is -2.33. The van der Waals surface area contributed by atoms with Crippen molar-refractivity contribution in [2.75, 3.05) is 22.1 Å². The summed E-state index contributed by atoms with van der Waals surface area (Å²) in [5, 5.41) is 6.83. The zero-order valence-electron chi connectivity index (χ0n) is 17.3. The number of benzene rings is 2. The van der Waals surface area contributed by atoms with Gasteiger partial charge in [-0.05, 0) is 49.2 Å². The summed E-state index contributed by atoms with van der Waals surface area (Å²) in [5.41, 5.74) is 3.78. The third-order valence-electron chi connectivity index (χ3n) is 5.81. The van der Waals surface area contributed by atoms with Gasteiger partial charge >= 0.3 is 0 Å². The number of allylic oxidation sites excluding steroid dienone is 1. The first kappa shape index (κ1) is 20.4. The first-order valence-electron chi connectivity index (χ1n) is 10.6. The summed E-state index contributed by atoms with van der Waals surface area (Å²) in [6.07, 6.45) is 3.64. The number of ketones is 1. The van der Waals surface area contributed by atoms with Gasteiger partial charge in [-0.1, -0.05) is 35.9 Å². The average Bonchev–Trinajstić information content (AvgIpc) is 3.27. The molecular formula is C25H22ClN3O3. The second kappa shape index (κ2) is 8.55. The second-order valence-electron chi connectivity index (χ2n) is 7.88. The smallest absolute Gasteiger partial charge is 0.243 e.